The molecule has 0 radical (unpaired) electrons. The molecule has 0 unspecified atom stereocenters. The normalized spacial score (nSPS) is 14.5. The maximum atomic E-state index is 12.5. The van der Waals surface area contributed by atoms with Gasteiger partial charge in [-0.3, -0.25) is 0 Å². The lowest BCUT2D eigenvalue weighted by atomic mass is 10.2. The van der Waals surface area contributed by atoms with Crippen LogP contribution in [0.15, 0.2) is 53.4 Å². The van der Waals surface area contributed by atoms with E-state index < -0.39 is 10.0 Å². The Morgan fingerprint density at radius 1 is 0.972 bits per heavy atom. The molecule has 1 aliphatic heterocycles. The fraction of sp³-hybridized carbons (Fsp3) is 0.261. The highest BCUT2D eigenvalue weighted by atomic mass is 35.5. The molecule has 0 bridgehead atoms. The van der Waals surface area contributed by atoms with Crippen molar-refractivity contribution >= 4 is 62.3 Å². The number of benzene rings is 2. The summed E-state index contributed by atoms with van der Waals surface area (Å²) in [6, 6.07) is 14.1. The predicted octanol–water partition coefficient (Wildman–Crippen LogP) is 3.83. The molecule has 36 heavy (non-hydrogen) atoms. The van der Waals surface area contributed by atoms with Crippen molar-refractivity contribution < 1.29 is 13.2 Å². The summed E-state index contributed by atoms with van der Waals surface area (Å²) in [4.78, 5) is 23.8. The number of nitrogen functional groups attached to an aromatic ring is 1. The summed E-state index contributed by atoms with van der Waals surface area (Å²) in [7, 11) is -3.17. The molecule has 3 aromatic rings. The van der Waals surface area contributed by atoms with E-state index in [0.717, 1.165) is 11.3 Å². The lowest BCUT2D eigenvalue weighted by Crippen LogP contribution is -2.48. The number of urea groups is 1. The van der Waals surface area contributed by atoms with Crippen LogP contribution in [-0.4, -0.2) is 67.4 Å². The van der Waals surface area contributed by atoms with Gasteiger partial charge in [0.05, 0.1) is 11.2 Å². The van der Waals surface area contributed by atoms with Crippen LogP contribution in [0, 0.1) is 0 Å². The van der Waals surface area contributed by atoms with Gasteiger partial charge in [-0.15, -0.1) is 11.8 Å². The SMILES string of the molecule is CSc1c(N)nc(-c2ccc(NC(=O)Nc3ccc(N4CCN(S(C)(=O)=O)CC4)cc3)cc2)nc1Cl. The van der Waals surface area contributed by atoms with Crippen LogP contribution < -0.4 is 21.3 Å². The molecule has 190 valence electrons. The van der Waals surface area contributed by atoms with Crippen LogP contribution in [0.4, 0.5) is 27.7 Å². The third-order valence-corrected chi connectivity index (χ3v) is 8.15. The number of halogens is 1. The number of nitrogens with two attached hydrogens (primary N) is 1. The Hall–Kier alpha value is -3.06. The minimum Gasteiger partial charge on any atom is -0.383 e. The molecule has 2 amide bonds. The van der Waals surface area contributed by atoms with Gasteiger partial charge in [0, 0.05) is 48.8 Å². The minimum absolute atomic E-state index is 0.300. The maximum Gasteiger partial charge on any atom is 0.323 e. The summed E-state index contributed by atoms with van der Waals surface area (Å²) < 4.78 is 24.8. The van der Waals surface area contributed by atoms with Crippen molar-refractivity contribution in [2.24, 2.45) is 0 Å². The van der Waals surface area contributed by atoms with Gasteiger partial charge in [-0.25, -0.2) is 23.2 Å². The highest BCUT2D eigenvalue weighted by Crippen LogP contribution is 2.31. The number of carbonyl (C=O) groups is 1. The average Bonchev–Trinajstić information content (AvgIpc) is 2.84. The molecule has 0 atom stereocenters. The molecular weight excluding hydrogens is 522 g/mol. The largest absolute Gasteiger partial charge is 0.383 e. The second-order valence-electron chi connectivity index (χ2n) is 8.11. The number of carbonyl (C=O) groups excluding carboxylic acids is 1. The number of rotatable bonds is 6. The summed E-state index contributed by atoms with van der Waals surface area (Å²) in [5.74, 6) is 0.727. The summed E-state index contributed by atoms with van der Waals surface area (Å²) >= 11 is 7.58. The van der Waals surface area contributed by atoms with Crippen molar-refractivity contribution in [3.05, 3.63) is 53.7 Å². The van der Waals surface area contributed by atoms with Gasteiger partial charge in [0.2, 0.25) is 10.0 Å². The fourth-order valence-corrected chi connectivity index (χ4v) is 5.49. The van der Waals surface area contributed by atoms with Crippen molar-refractivity contribution in [1.29, 1.82) is 0 Å². The molecule has 0 spiro atoms. The summed E-state index contributed by atoms with van der Waals surface area (Å²) in [5, 5.41) is 5.89. The van der Waals surface area contributed by atoms with E-state index in [1.165, 1.54) is 22.3 Å². The van der Waals surface area contributed by atoms with Crippen LogP contribution in [0.5, 0.6) is 0 Å². The van der Waals surface area contributed by atoms with Crippen LogP contribution in [0.3, 0.4) is 0 Å². The zero-order valence-corrected chi connectivity index (χ0v) is 22.1. The monoisotopic (exact) mass is 547 g/mol. The van der Waals surface area contributed by atoms with Crippen molar-refractivity contribution in [3.8, 4) is 11.4 Å². The van der Waals surface area contributed by atoms with Crippen molar-refractivity contribution in [3.63, 3.8) is 0 Å². The first kappa shape index (κ1) is 26.0. The number of nitrogens with one attached hydrogen (secondary N) is 2. The zero-order chi connectivity index (χ0) is 25.9. The lowest BCUT2D eigenvalue weighted by molar-refractivity contribution is 0.262. The fourth-order valence-electron chi connectivity index (χ4n) is 3.79. The Kier molecular flexibility index (Phi) is 7.88. The van der Waals surface area contributed by atoms with Crippen LogP contribution in [0.2, 0.25) is 5.15 Å². The third kappa shape index (κ3) is 6.19. The van der Waals surface area contributed by atoms with Crippen LogP contribution in [0.1, 0.15) is 0 Å². The quantitative estimate of drug-likeness (QED) is 0.313. The Morgan fingerprint density at radius 2 is 1.53 bits per heavy atom. The molecule has 0 saturated carbocycles. The number of aromatic nitrogens is 2. The van der Waals surface area contributed by atoms with Gasteiger partial charge in [-0.05, 0) is 54.8 Å². The minimum atomic E-state index is -3.17. The molecule has 13 heteroatoms. The van der Waals surface area contributed by atoms with Gasteiger partial charge in [-0.2, -0.15) is 4.31 Å². The number of hydrogen-bond acceptors (Lipinski definition) is 8. The number of hydrogen-bond donors (Lipinski definition) is 3. The van der Waals surface area contributed by atoms with E-state index in [1.807, 2.05) is 30.5 Å². The molecule has 1 fully saturated rings. The average molecular weight is 548 g/mol. The van der Waals surface area contributed by atoms with E-state index in [2.05, 4.69) is 25.5 Å². The zero-order valence-electron chi connectivity index (χ0n) is 19.7. The number of thioether (sulfide) groups is 1. The molecule has 4 rings (SSSR count). The summed E-state index contributed by atoms with van der Waals surface area (Å²) in [5.41, 5.74) is 8.88. The summed E-state index contributed by atoms with van der Waals surface area (Å²) in [6.07, 6.45) is 3.08. The van der Waals surface area contributed by atoms with E-state index in [0.29, 0.717) is 59.2 Å². The van der Waals surface area contributed by atoms with Crippen molar-refractivity contribution in [2.75, 3.05) is 60.0 Å². The van der Waals surface area contributed by atoms with E-state index in [1.54, 1.807) is 24.3 Å². The molecule has 4 N–H and O–H groups in total. The molecule has 0 aliphatic carbocycles. The van der Waals surface area contributed by atoms with Crippen LogP contribution >= 0.6 is 23.4 Å². The Bertz CT molecular complexity index is 1320. The number of nitrogens with zero attached hydrogens (tertiary/aromatic N) is 4. The molecule has 2 heterocycles. The second-order valence-corrected chi connectivity index (χ2v) is 11.3. The molecule has 1 aromatic heterocycles. The number of piperazine rings is 1. The van der Waals surface area contributed by atoms with Crippen molar-refractivity contribution in [1.82, 2.24) is 14.3 Å². The Labute approximate surface area is 219 Å². The highest BCUT2D eigenvalue weighted by Gasteiger charge is 2.23. The molecular formula is C23H26ClN7O3S2. The van der Waals surface area contributed by atoms with Crippen molar-refractivity contribution in [2.45, 2.75) is 4.90 Å². The smallest absolute Gasteiger partial charge is 0.323 e. The second kappa shape index (κ2) is 10.9. The van der Waals surface area contributed by atoms with Gasteiger partial charge < -0.3 is 21.3 Å². The Morgan fingerprint density at radius 3 is 2.03 bits per heavy atom. The molecule has 1 aliphatic rings. The predicted molar refractivity (Wildman–Crippen MR) is 146 cm³/mol. The standard InChI is InChI=1S/C23H26ClN7O3S2/c1-35-19-20(24)28-22(29-21(19)25)15-3-5-16(6-4-15)26-23(32)27-17-7-9-18(10-8-17)30-11-13-31(14-12-30)36(2,33)34/h3-10H,11-14H2,1-2H3,(H2,25,28,29)(H2,26,27,32). The van der Waals surface area contributed by atoms with E-state index in [-0.39, 0.29) is 6.03 Å². The Balaban J connectivity index is 1.33. The van der Waals surface area contributed by atoms with Crippen LogP contribution in [0.25, 0.3) is 11.4 Å². The first-order chi connectivity index (χ1) is 17.1. The van der Waals surface area contributed by atoms with Gasteiger partial charge in [-0.1, -0.05) is 11.6 Å². The maximum absolute atomic E-state index is 12.5. The van der Waals surface area contributed by atoms with E-state index >= 15 is 0 Å². The van der Waals surface area contributed by atoms with E-state index in [9.17, 15) is 13.2 Å². The molecule has 10 nitrogen and oxygen atoms in total. The lowest BCUT2D eigenvalue weighted by Gasteiger charge is -2.34. The van der Waals surface area contributed by atoms with Gasteiger partial charge >= 0.3 is 6.03 Å². The highest BCUT2D eigenvalue weighted by molar-refractivity contribution is 7.98. The molecule has 1 saturated heterocycles. The van der Waals surface area contributed by atoms with E-state index in [4.69, 9.17) is 17.3 Å². The van der Waals surface area contributed by atoms with Gasteiger partial charge in [0.15, 0.2) is 5.82 Å². The number of anilines is 4. The first-order valence-electron chi connectivity index (χ1n) is 11.0. The number of sulfonamides is 1. The topological polar surface area (TPSA) is 134 Å². The first-order valence-corrected chi connectivity index (χ1v) is 14.4. The number of amides is 2. The van der Waals surface area contributed by atoms with Gasteiger partial charge in [0.1, 0.15) is 11.0 Å². The van der Waals surface area contributed by atoms with Crippen LogP contribution in [-0.2, 0) is 10.0 Å². The third-order valence-electron chi connectivity index (χ3n) is 5.65. The van der Waals surface area contributed by atoms with Gasteiger partial charge in [0.25, 0.3) is 0 Å². The molecule has 2 aromatic carbocycles. The summed E-state index contributed by atoms with van der Waals surface area (Å²) in [6.45, 7) is 2.13.